The second-order valence-corrected chi connectivity index (χ2v) is 4.94. The van der Waals surface area contributed by atoms with Crippen molar-refractivity contribution in [1.82, 2.24) is 9.80 Å². The number of benzene rings is 1. The van der Waals surface area contributed by atoms with E-state index < -0.39 is 0 Å². The maximum Gasteiger partial charge on any atom is 0.320 e. The van der Waals surface area contributed by atoms with Crippen molar-refractivity contribution in [2.75, 3.05) is 25.9 Å². The van der Waals surface area contributed by atoms with Crippen LogP contribution in [0.5, 0.6) is 0 Å². The number of carbonyl (C=O) groups excluding carboxylic acids is 1. The number of thiol groups is 1. The summed E-state index contributed by atoms with van der Waals surface area (Å²) in [6.45, 7) is 3.56. The average molecular weight is 250 g/mol. The molecule has 17 heavy (non-hydrogen) atoms. The number of amides is 2. The molecule has 1 fully saturated rings. The number of likely N-dealkylation sites (N-methyl/N-ethyl adjacent to an activating group) is 1. The minimum Gasteiger partial charge on any atom is -0.321 e. The number of nitrogens with zero attached hydrogens (tertiary/aromatic N) is 2. The highest BCUT2D eigenvalue weighted by atomic mass is 32.1. The van der Waals surface area contributed by atoms with Gasteiger partial charge in [-0.15, -0.1) is 0 Å². The topological polar surface area (TPSA) is 23.6 Å². The molecule has 4 heteroatoms. The van der Waals surface area contributed by atoms with Gasteiger partial charge in [0.2, 0.25) is 0 Å². The van der Waals surface area contributed by atoms with E-state index in [2.05, 4.69) is 37.8 Å². The molecule has 1 unspecified atom stereocenters. The smallest absolute Gasteiger partial charge is 0.320 e. The molecule has 0 saturated carbocycles. The first kappa shape index (κ1) is 12.3. The Bertz CT molecular complexity index is 422. The summed E-state index contributed by atoms with van der Waals surface area (Å²) in [5.74, 6) is 0.708. The molecule has 2 rings (SSSR count). The molecule has 0 spiro atoms. The monoisotopic (exact) mass is 250 g/mol. The van der Waals surface area contributed by atoms with Crippen molar-refractivity contribution in [3.05, 3.63) is 35.4 Å². The maximum atomic E-state index is 12.0. The predicted octanol–water partition coefficient (Wildman–Crippen LogP) is 2.33. The van der Waals surface area contributed by atoms with E-state index in [0.29, 0.717) is 12.3 Å². The average Bonchev–Trinajstić information content (AvgIpc) is 2.58. The lowest BCUT2D eigenvalue weighted by Crippen LogP contribution is -2.31. The Morgan fingerprint density at radius 1 is 1.47 bits per heavy atom. The Balaban J connectivity index is 2.20. The fourth-order valence-corrected chi connectivity index (χ4v) is 2.52. The molecule has 1 aliphatic heterocycles. The lowest BCUT2D eigenvalue weighted by molar-refractivity contribution is 0.197. The minimum absolute atomic E-state index is 0.102. The molecule has 1 aromatic rings. The third-order valence-corrected chi connectivity index (χ3v) is 3.43. The molecule has 1 atom stereocenters. The summed E-state index contributed by atoms with van der Waals surface area (Å²) in [6, 6.07) is 8.63. The van der Waals surface area contributed by atoms with Crippen molar-refractivity contribution < 1.29 is 4.79 Å². The van der Waals surface area contributed by atoms with E-state index in [1.54, 1.807) is 0 Å². The van der Waals surface area contributed by atoms with Gasteiger partial charge in [0.25, 0.3) is 0 Å². The molecule has 0 aromatic heterocycles. The van der Waals surface area contributed by atoms with Gasteiger partial charge >= 0.3 is 6.03 Å². The van der Waals surface area contributed by atoms with E-state index in [9.17, 15) is 4.79 Å². The zero-order valence-corrected chi connectivity index (χ0v) is 11.2. The van der Waals surface area contributed by atoms with Crippen LogP contribution in [-0.4, -0.2) is 41.7 Å². The maximum absolute atomic E-state index is 12.0. The van der Waals surface area contributed by atoms with Gasteiger partial charge in [-0.05, 0) is 12.5 Å². The molecule has 1 heterocycles. The first-order chi connectivity index (χ1) is 8.13. The molecule has 0 N–H and O–H groups in total. The molecule has 3 nitrogen and oxygen atoms in total. The van der Waals surface area contributed by atoms with E-state index in [4.69, 9.17) is 0 Å². The molecule has 1 aromatic carbocycles. The van der Waals surface area contributed by atoms with E-state index in [1.807, 2.05) is 22.9 Å². The van der Waals surface area contributed by atoms with Gasteiger partial charge in [0.05, 0.1) is 6.04 Å². The number of carbonyl (C=O) groups is 1. The summed E-state index contributed by atoms with van der Waals surface area (Å²) in [7, 11) is 1.87. The molecule has 1 aliphatic rings. The summed E-state index contributed by atoms with van der Waals surface area (Å²) in [6.07, 6.45) is 0. The number of hydrogen-bond acceptors (Lipinski definition) is 2. The number of urea groups is 1. The Morgan fingerprint density at radius 3 is 2.88 bits per heavy atom. The number of hydrogen-bond donors (Lipinski definition) is 1. The van der Waals surface area contributed by atoms with Gasteiger partial charge < -0.3 is 9.80 Å². The summed E-state index contributed by atoms with van der Waals surface area (Å²) < 4.78 is 0. The second-order valence-electron chi connectivity index (χ2n) is 4.49. The molecule has 92 valence electrons. The van der Waals surface area contributed by atoms with Crippen molar-refractivity contribution in [2.24, 2.45) is 0 Å². The van der Waals surface area contributed by atoms with Crippen LogP contribution in [0.3, 0.4) is 0 Å². The van der Waals surface area contributed by atoms with Gasteiger partial charge in [-0.2, -0.15) is 12.6 Å². The summed E-state index contributed by atoms with van der Waals surface area (Å²) >= 11 is 4.19. The first-order valence-electron chi connectivity index (χ1n) is 5.82. The van der Waals surface area contributed by atoms with Gasteiger partial charge in [-0.25, -0.2) is 4.79 Å². The van der Waals surface area contributed by atoms with Gasteiger partial charge in [-0.1, -0.05) is 29.8 Å². The summed E-state index contributed by atoms with van der Waals surface area (Å²) in [4.78, 5) is 15.7. The van der Waals surface area contributed by atoms with Crippen molar-refractivity contribution in [3.63, 3.8) is 0 Å². The zero-order chi connectivity index (χ0) is 12.4. The van der Waals surface area contributed by atoms with Crippen LogP contribution >= 0.6 is 12.6 Å². The quantitative estimate of drug-likeness (QED) is 0.818. The van der Waals surface area contributed by atoms with Gasteiger partial charge in [0.15, 0.2) is 0 Å². The van der Waals surface area contributed by atoms with Gasteiger partial charge in [0.1, 0.15) is 0 Å². The van der Waals surface area contributed by atoms with Crippen molar-refractivity contribution in [3.8, 4) is 0 Å². The highest BCUT2D eigenvalue weighted by Crippen LogP contribution is 2.28. The highest BCUT2D eigenvalue weighted by Gasteiger charge is 2.34. The van der Waals surface area contributed by atoms with E-state index in [1.165, 1.54) is 11.1 Å². The SMILES string of the molecule is Cc1cccc(C2CN(CCS)C(=O)N2C)c1. The molecule has 0 aliphatic carbocycles. The fourth-order valence-electron chi connectivity index (χ4n) is 2.28. The van der Waals surface area contributed by atoms with Crippen LogP contribution in [-0.2, 0) is 0 Å². The van der Waals surface area contributed by atoms with Gasteiger partial charge in [0, 0.05) is 25.9 Å². The Morgan fingerprint density at radius 2 is 2.24 bits per heavy atom. The lowest BCUT2D eigenvalue weighted by Gasteiger charge is -2.18. The van der Waals surface area contributed by atoms with Gasteiger partial charge in [-0.3, -0.25) is 0 Å². The number of rotatable bonds is 3. The van der Waals surface area contributed by atoms with Crippen LogP contribution in [0.15, 0.2) is 24.3 Å². The van der Waals surface area contributed by atoms with Crippen LogP contribution < -0.4 is 0 Å². The minimum atomic E-state index is 0.102. The van der Waals surface area contributed by atoms with Crippen molar-refractivity contribution >= 4 is 18.7 Å². The Labute approximate surface area is 108 Å². The van der Waals surface area contributed by atoms with Crippen molar-refractivity contribution in [1.29, 1.82) is 0 Å². The number of aryl methyl sites for hydroxylation is 1. The van der Waals surface area contributed by atoms with Crippen LogP contribution in [0.25, 0.3) is 0 Å². The standard InChI is InChI=1S/C13H18N2OS/c1-10-4-3-5-11(8-10)12-9-15(6-7-17)13(16)14(12)2/h3-5,8,12,17H,6-7,9H2,1-2H3. The van der Waals surface area contributed by atoms with Crippen LogP contribution in [0.1, 0.15) is 17.2 Å². The molecule has 0 bridgehead atoms. The highest BCUT2D eigenvalue weighted by molar-refractivity contribution is 7.80. The van der Waals surface area contributed by atoms with E-state index in [0.717, 1.165) is 6.54 Å². The zero-order valence-electron chi connectivity index (χ0n) is 10.3. The summed E-state index contributed by atoms with van der Waals surface area (Å²) in [5, 5.41) is 0. The van der Waals surface area contributed by atoms with Crippen LogP contribution in [0.2, 0.25) is 0 Å². The third-order valence-electron chi connectivity index (χ3n) is 3.23. The van der Waals surface area contributed by atoms with Crippen LogP contribution in [0, 0.1) is 6.92 Å². The largest absolute Gasteiger partial charge is 0.321 e. The lowest BCUT2D eigenvalue weighted by atomic mass is 10.0. The molecular formula is C13H18N2OS. The van der Waals surface area contributed by atoms with E-state index >= 15 is 0 Å². The molecule has 2 amide bonds. The first-order valence-corrected chi connectivity index (χ1v) is 6.46. The summed E-state index contributed by atoms with van der Waals surface area (Å²) in [5.41, 5.74) is 2.44. The Kier molecular flexibility index (Phi) is 3.62. The van der Waals surface area contributed by atoms with Crippen molar-refractivity contribution in [2.45, 2.75) is 13.0 Å². The second kappa shape index (κ2) is 5.00. The van der Waals surface area contributed by atoms with E-state index in [-0.39, 0.29) is 12.1 Å². The molecular weight excluding hydrogens is 232 g/mol. The molecule has 1 saturated heterocycles. The third kappa shape index (κ3) is 2.41. The fraction of sp³-hybridized carbons (Fsp3) is 0.462. The molecule has 0 radical (unpaired) electrons. The van der Waals surface area contributed by atoms with Crippen LogP contribution in [0.4, 0.5) is 4.79 Å². The normalized spacial score (nSPS) is 20.2. The Hall–Kier alpha value is -1.16. The predicted molar refractivity (Wildman–Crippen MR) is 72.5 cm³/mol.